The maximum absolute atomic E-state index is 14.0. The van der Waals surface area contributed by atoms with Gasteiger partial charge in [0, 0.05) is 11.6 Å². The SMILES string of the molecule is O=C(c1ccc(Cl)cc1F)N1CCCC1c1ccccc1. The predicted octanol–water partition coefficient (Wildman–Crippen LogP) is 4.46. The van der Waals surface area contributed by atoms with E-state index in [0.29, 0.717) is 11.6 Å². The van der Waals surface area contributed by atoms with E-state index in [-0.39, 0.29) is 17.5 Å². The summed E-state index contributed by atoms with van der Waals surface area (Å²) in [6, 6.07) is 14.1. The molecule has 3 rings (SSSR count). The summed E-state index contributed by atoms with van der Waals surface area (Å²) < 4.78 is 14.0. The minimum absolute atomic E-state index is 0.0220. The highest BCUT2D eigenvalue weighted by Gasteiger charge is 2.31. The molecule has 4 heteroatoms. The Morgan fingerprint density at radius 1 is 1.19 bits per heavy atom. The van der Waals surface area contributed by atoms with Crippen molar-refractivity contribution < 1.29 is 9.18 Å². The Labute approximate surface area is 128 Å². The molecule has 1 atom stereocenters. The van der Waals surface area contributed by atoms with Gasteiger partial charge in [-0.05, 0) is 36.6 Å². The van der Waals surface area contributed by atoms with Gasteiger partial charge in [0.05, 0.1) is 11.6 Å². The second kappa shape index (κ2) is 5.86. The lowest BCUT2D eigenvalue weighted by atomic mass is 10.0. The number of carbonyl (C=O) groups is 1. The second-order valence-electron chi connectivity index (χ2n) is 5.19. The van der Waals surface area contributed by atoms with Gasteiger partial charge in [0.25, 0.3) is 5.91 Å². The normalized spacial score (nSPS) is 18.0. The summed E-state index contributed by atoms with van der Waals surface area (Å²) >= 11 is 5.74. The number of likely N-dealkylation sites (tertiary alicyclic amines) is 1. The molecule has 0 N–H and O–H groups in total. The third-order valence-electron chi connectivity index (χ3n) is 3.86. The predicted molar refractivity (Wildman–Crippen MR) is 80.9 cm³/mol. The van der Waals surface area contributed by atoms with Crippen LogP contribution in [0.1, 0.15) is 34.8 Å². The third-order valence-corrected chi connectivity index (χ3v) is 4.09. The van der Waals surface area contributed by atoms with Crippen molar-refractivity contribution in [2.75, 3.05) is 6.54 Å². The first-order valence-electron chi connectivity index (χ1n) is 6.98. The highest BCUT2D eigenvalue weighted by atomic mass is 35.5. The largest absolute Gasteiger partial charge is 0.332 e. The summed E-state index contributed by atoms with van der Waals surface area (Å²) in [6.45, 7) is 0.653. The van der Waals surface area contributed by atoms with E-state index in [0.717, 1.165) is 18.4 Å². The van der Waals surface area contributed by atoms with Crippen LogP contribution in [0.25, 0.3) is 0 Å². The molecule has 1 unspecified atom stereocenters. The Bertz CT molecular complexity index is 659. The van der Waals surface area contributed by atoms with Crippen molar-refractivity contribution in [2.45, 2.75) is 18.9 Å². The molecular formula is C17H15ClFNO. The smallest absolute Gasteiger partial charge is 0.257 e. The van der Waals surface area contributed by atoms with Crippen LogP contribution in [0.2, 0.25) is 5.02 Å². The maximum Gasteiger partial charge on any atom is 0.257 e. The molecule has 1 aliphatic rings. The number of nitrogens with zero attached hydrogens (tertiary/aromatic N) is 1. The van der Waals surface area contributed by atoms with E-state index < -0.39 is 5.82 Å². The zero-order valence-electron chi connectivity index (χ0n) is 11.4. The zero-order valence-corrected chi connectivity index (χ0v) is 12.2. The van der Waals surface area contributed by atoms with Crippen LogP contribution < -0.4 is 0 Å². The minimum atomic E-state index is -0.564. The van der Waals surface area contributed by atoms with Gasteiger partial charge in [0.1, 0.15) is 5.82 Å². The number of amides is 1. The summed E-state index contributed by atoms with van der Waals surface area (Å²) in [4.78, 5) is 14.4. The molecule has 21 heavy (non-hydrogen) atoms. The molecule has 0 bridgehead atoms. The molecule has 1 amide bonds. The molecule has 0 aliphatic carbocycles. The van der Waals surface area contributed by atoms with E-state index in [9.17, 15) is 9.18 Å². The van der Waals surface area contributed by atoms with Gasteiger partial charge >= 0.3 is 0 Å². The van der Waals surface area contributed by atoms with Crippen molar-refractivity contribution in [2.24, 2.45) is 0 Å². The molecule has 2 aromatic rings. The van der Waals surface area contributed by atoms with Gasteiger partial charge in [-0.15, -0.1) is 0 Å². The topological polar surface area (TPSA) is 20.3 Å². The Kier molecular flexibility index (Phi) is 3.93. The Balaban J connectivity index is 1.90. The van der Waals surface area contributed by atoms with Crippen molar-refractivity contribution in [3.63, 3.8) is 0 Å². The van der Waals surface area contributed by atoms with E-state index in [2.05, 4.69) is 0 Å². The first-order chi connectivity index (χ1) is 10.2. The number of rotatable bonds is 2. The van der Waals surface area contributed by atoms with Crippen LogP contribution in [-0.4, -0.2) is 17.4 Å². The second-order valence-corrected chi connectivity index (χ2v) is 5.63. The summed E-state index contributed by atoms with van der Waals surface area (Å²) in [5.41, 5.74) is 1.18. The van der Waals surface area contributed by atoms with Crippen LogP contribution in [0.15, 0.2) is 48.5 Å². The first kappa shape index (κ1) is 14.1. The fraction of sp³-hybridized carbons (Fsp3) is 0.235. The molecule has 1 aliphatic heterocycles. The fourth-order valence-corrected chi connectivity index (χ4v) is 3.01. The fourth-order valence-electron chi connectivity index (χ4n) is 2.85. The number of hydrogen-bond acceptors (Lipinski definition) is 1. The van der Waals surface area contributed by atoms with Crippen LogP contribution in [0.3, 0.4) is 0 Å². The van der Waals surface area contributed by atoms with Gasteiger partial charge in [-0.3, -0.25) is 4.79 Å². The van der Waals surface area contributed by atoms with Crippen LogP contribution in [0.5, 0.6) is 0 Å². The lowest BCUT2D eigenvalue weighted by Crippen LogP contribution is -2.31. The molecule has 1 fully saturated rings. The van der Waals surface area contributed by atoms with Crippen LogP contribution >= 0.6 is 11.6 Å². The van der Waals surface area contributed by atoms with Gasteiger partial charge in [0.15, 0.2) is 0 Å². The lowest BCUT2D eigenvalue weighted by molar-refractivity contribution is 0.0731. The van der Waals surface area contributed by atoms with Gasteiger partial charge in [-0.25, -0.2) is 4.39 Å². The number of hydrogen-bond donors (Lipinski definition) is 0. The van der Waals surface area contributed by atoms with Gasteiger partial charge in [-0.2, -0.15) is 0 Å². The van der Waals surface area contributed by atoms with Gasteiger partial charge in [0.2, 0.25) is 0 Å². The highest BCUT2D eigenvalue weighted by molar-refractivity contribution is 6.30. The Morgan fingerprint density at radius 3 is 2.67 bits per heavy atom. The number of benzene rings is 2. The average molecular weight is 304 g/mol. The van der Waals surface area contributed by atoms with Crippen molar-refractivity contribution >= 4 is 17.5 Å². The highest BCUT2D eigenvalue weighted by Crippen LogP contribution is 2.33. The van der Waals surface area contributed by atoms with E-state index >= 15 is 0 Å². The molecule has 2 nitrogen and oxygen atoms in total. The van der Waals surface area contributed by atoms with Gasteiger partial charge < -0.3 is 4.90 Å². The molecule has 0 aromatic heterocycles. The molecule has 1 heterocycles. The molecule has 108 valence electrons. The van der Waals surface area contributed by atoms with Crippen molar-refractivity contribution in [1.29, 1.82) is 0 Å². The van der Waals surface area contributed by atoms with E-state index in [1.807, 2.05) is 30.3 Å². The summed E-state index contributed by atoms with van der Waals surface area (Å²) in [6.07, 6.45) is 1.84. The molecular weight excluding hydrogens is 289 g/mol. The van der Waals surface area contributed by atoms with E-state index in [1.54, 1.807) is 11.0 Å². The van der Waals surface area contributed by atoms with Crippen molar-refractivity contribution in [3.05, 3.63) is 70.5 Å². The van der Waals surface area contributed by atoms with E-state index in [4.69, 9.17) is 11.6 Å². The quantitative estimate of drug-likeness (QED) is 0.802. The Hall–Kier alpha value is -1.87. The van der Waals surface area contributed by atoms with Crippen LogP contribution in [-0.2, 0) is 0 Å². The number of carbonyl (C=O) groups excluding carboxylic acids is 1. The van der Waals surface area contributed by atoms with Gasteiger partial charge in [-0.1, -0.05) is 41.9 Å². The third kappa shape index (κ3) is 2.79. The van der Waals surface area contributed by atoms with Crippen molar-refractivity contribution in [1.82, 2.24) is 4.90 Å². The zero-order chi connectivity index (χ0) is 14.8. The summed E-state index contributed by atoms with van der Waals surface area (Å²) in [7, 11) is 0. The summed E-state index contributed by atoms with van der Waals surface area (Å²) in [5, 5.41) is 0.296. The molecule has 1 saturated heterocycles. The van der Waals surface area contributed by atoms with E-state index in [1.165, 1.54) is 12.1 Å². The number of halogens is 2. The first-order valence-corrected chi connectivity index (χ1v) is 7.35. The summed E-state index contributed by atoms with van der Waals surface area (Å²) in [5.74, 6) is -0.832. The minimum Gasteiger partial charge on any atom is -0.332 e. The standard InChI is InChI=1S/C17H15ClFNO/c18-13-8-9-14(15(19)11-13)17(21)20-10-4-7-16(20)12-5-2-1-3-6-12/h1-3,5-6,8-9,11,16H,4,7,10H2. The maximum atomic E-state index is 14.0. The molecule has 2 aromatic carbocycles. The van der Waals surface area contributed by atoms with Crippen LogP contribution in [0, 0.1) is 5.82 Å². The lowest BCUT2D eigenvalue weighted by Gasteiger charge is -2.25. The molecule has 0 saturated carbocycles. The molecule has 0 spiro atoms. The Morgan fingerprint density at radius 2 is 1.95 bits per heavy atom. The monoisotopic (exact) mass is 303 g/mol. The molecule has 0 radical (unpaired) electrons. The van der Waals surface area contributed by atoms with Crippen LogP contribution in [0.4, 0.5) is 4.39 Å². The van der Waals surface area contributed by atoms with Crippen molar-refractivity contribution in [3.8, 4) is 0 Å². The average Bonchev–Trinajstić information content (AvgIpc) is 2.97.